The van der Waals surface area contributed by atoms with Crippen LogP contribution in [0.2, 0.25) is 5.02 Å². The van der Waals surface area contributed by atoms with Gasteiger partial charge in [-0.3, -0.25) is 0 Å². The van der Waals surface area contributed by atoms with Gasteiger partial charge in [0.15, 0.2) is 0 Å². The largest absolute Gasteiger partial charge is 0.364 e. The molecule has 0 saturated carbocycles. The highest BCUT2D eigenvalue weighted by Gasteiger charge is 2.38. The highest BCUT2D eigenvalue weighted by molar-refractivity contribution is 6.31. The lowest BCUT2D eigenvalue weighted by Crippen LogP contribution is -2.51. The molecule has 1 heterocycles. The van der Waals surface area contributed by atoms with E-state index < -0.39 is 0 Å². The first kappa shape index (κ1) is 17.6. The van der Waals surface area contributed by atoms with E-state index in [1.807, 2.05) is 0 Å². The Hall–Kier alpha value is -0.730. The van der Waals surface area contributed by atoms with E-state index in [1.165, 1.54) is 23.2 Å². The Morgan fingerprint density at radius 3 is 2.45 bits per heavy atom. The van der Waals surface area contributed by atoms with Crippen molar-refractivity contribution in [1.82, 2.24) is 5.32 Å². The summed E-state index contributed by atoms with van der Waals surface area (Å²) in [6.07, 6.45) is 1.18. The molecular formula is C19H31ClN2. The normalized spacial score (nSPS) is 20.6. The fraction of sp³-hybridized carbons (Fsp3) is 0.684. The minimum Gasteiger partial charge on any atom is -0.364 e. The van der Waals surface area contributed by atoms with Crippen LogP contribution < -0.4 is 10.2 Å². The minimum atomic E-state index is 0.168. The lowest BCUT2D eigenvalue weighted by molar-refractivity contribution is 0.356. The molecule has 3 heteroatoms. The highest BCUT2D eigenvalue weighted by Crippen LogP contribution is 2.46. The van der Waals surface area contributed by atoms with Crippen molar-refractivity contribution in [3.63, 3.8) is 0 Å². The number of hydrogen-bond donors (Lipinski definition) is 1. The Morgan fingerprint density at radius 2 is 1.91 bits per heavy atom. The molecule has 0 saturated heterocycles. The van der Waals surface area contributed by atoms with Crippen molar-refractivity contribution in [3.8, 4) is 0 Å². The average molecular weight is 323 g/mol. The molecule has 124 valence electrons. The van der Waals surface area contributed by atoms with E-state index in [0.29, 0.717) is 18.0 Å². The molecule has 0 amide bonds. The molecule has 0 spiro atoms. The zero-order chi connectivity index (χ0) is 16.7. The number of anilines is 1. The van der Waals surface area contributed by atoms with Gasteiger partial charge in [0.05, 0.1) is 0 Å². The molecule has 1 N–H and O–H groups in total. The molecule has 1 atom stereocenters. The first-order chi connectivity index (χ1) is 10.1. The van der Waals surface area contributed by atoms with Crippen molar-refractivity contribution in [1.29, 1.82) is 0 Å². The van der Waals surface area contributed by atoms with Gasteiger partial charge in [0.25, 0.3) is 0 Å². The van der Waals surface area contributed by atoms with Gasteiger partial charge in [-0.05, 0) is 57.2 Å². The summed E-state index contributed by atoms with van der Waals surface area (Å²) >= 11 is 6.59. The van der Waals surface area contributed by atoms with Crippen LogP contribution in [0.5, 0.6) is 0 Å². The van der Waals surface area contributed by atoms with Crippen LogP contribution >= 0.6 is 11.6 Å². The summed E-state index contributed by atoms with van der Waals surface area (Å²) in [5.41, 5.74) is 4.14. The molecule has 2 nitrogen and oxygen atoms in total. The fourth-order valence-electron chi connectivity index (χ4n) is 3.94. The van der Waals surface area contributed by atoms with E-state index >= 15 is 0 Å². The van der Waals surface area contributed by atoms with E-state index in [9.17, 15) is 0 Å². The second kappa shape index (κ2) is 6.41. The fourth-order valence-corrected chi connectivity index (χ4v) is 4.17. The van der Waals surface area contributed by atoms with Crippen LogP contribution in [0, 0.1) is 0 Å². The Morgan fingerprint density at radius 1 is 1.27 bits per heavy atom. The molecule has 1 aliphatic heterocycles. The third-order valence-corrected chi connectivity index (χ3v) is 5.01. The van der Waals surface area contributed by atoms with Crippen LogP contribution in [0.15, 0.2) is 12.1 Å². The molecule has 0 unspecified atom stereocenters. The smallest absolute Gasteiger partial charge is 0.0471 e. The van der Waals surface area contributed by atoms with Crippen LogP contribution in [-0.4, -0.2) is 17.6 Å². The van der Waals surface area contributed by atoms with Gasteiger partial charge >= 0.3 is 0 Å². The van der Waals surface area contributed by atoms with Crippen molar-refractivity contribution >= 4 is 17.3 Å². The lowest BCUT2D eigenvalue weighted by atomic mass is 9.79. The number of rotatable bonds is 4. The highest BCUT2D eigenvalue weighted by atomic mass is 35.5. The molecule has 0 aliphatic carbocycles. The summed E-state index contributed by atoms with van der Waals surface area (Å²) in [5, 5.41) is 4.35. The number of benzene rings is 1. The third-order valence-electron chi connectivity index (χ3n) is 4.66. The second-order valence-electron chi connectivity index (χ2n) is 7.92. The quantitative estimate of drug-likeness (QED) is 0.805. The van der Waals surface area contributed by atoms with Crippen LogP contribution in [0.1, 0.15) is 71.9 Å². The molecule has 22 heavy (non-hydrogen) atoms. The third kappa shape index (κ3) is 3.44. The summed E-state index contributed by atoms with van der Waals surface area (Å²) in [5.74, 6) is 0.565. The van der Waals surface area contributed by atoms with E-state index in [-0.39, 0.29) is 5.54 Å². The van der Waals surface area contributed by atoms with Crippen molar-refractivity contribution in [2.24, 2.45) is 0 Å². The molecule has 1 aromatic carbocycles. The van der Waals surface area contributed by atoms with Crippen LogP contribution in [0.25, 0.3) is 0 Å². The maximum atomic E-state index is 6.59. The number of halogens is 1. The second-order valence-corrected chi connectivity index (χ2v) is 8.33. The van der Waals surface area contributed by atoms with Gasteiger partial charge in [0.1, 0.15) is 0 Å². The van der Waals surface area contributed by atoms with Crippen molar-refractivity contribution in [2.75, 3.05) is 4.90 Å². The Labute approximate surface area is 141 Å². The summed E-state index contributed by atoms with van der Waals surface area (Å²) < 4.78 is 0. The Balaban J connectivity index is 2.46. The molecule has 2 rings (SSSR count). The number of nitrogens with one attached hydrogen (secondary N) is 1. The predicted molar refractivity (Wildman–Crippen MR) is 98.2 cm³/mol. The van der Waals surface area contributed by atoms with Gasteiger partial charge in [0, 0.05) is 34.9 Å². The predicted octanol–water partition coefficient (Wildman–Crippen LogP) is 5.34. The topological polar surface area (TPSA) is 15.3 Å². The molecule has 0 aromatic heterocycles. The van der Waals surface area contributed by atoms with Crippen LogP contribution in [0.4, 0.5) is 5.69 Å². The average Bonchev–Trinajstić information content (AvgIpc) is 2.34. The lowest BCUT2D eigenvalue weighted by Gasteiger charge is -2.50. The molecule has 0 radical (unpaired) electrons. The first-order valence-electron chi connectivity index (χ1n) is 8.48. The zero-order valence-corrected chi connectivity index (χ0v) is 15.9. The Bertz CT molecular complexity index is 534. The van der Waals surface area contributed by atoms with Gasteiger partial charge in [-0.15, -0.1) is 0 Å². The zero-order valence-electron chi connectivity index (χ0n) is 15.1. The molecule has 0 bridgehead atoms. The van der Waals surface area contributed by atoms with Gasteiger partial charge < -0.3 is 10.2 Å². The molecule has 1 aliphatic rings. The van der Waals surface area contributed by atoms with Gasteiger partial charge in [-0.1, -0.05) is 38.4 Å². The van der Waals surface area contributed by atoms with Crippen molar-refractivity contribution < 1.29 is 0 Å². The van der Waals surface area contributed by atoms with E-state index in [2.05, 4.69) is 70.8 Å². The van der Waals surface area contributed by atoms with Crippen molar-refractivity contribution in [2.45, 2.75) is 85.0 Å². The van der Waals surface area contributed by atoms with Gasteiger partial charge in [0.2, 0.25) is 0 Å². The van der Waals surface area contributed by atoms with Gasteiger partial charge in [-0.2, -0.15) is 0 Å². The maximum Gasteiger partial charge on any atom is 0.0471 e. The number of hydrogen-bond acceptors (Lipinski definition) is 2. The first-order valence-corrected chi connectivity index (χ1v) is 8.86. The standard InChI is InChI=1S/C19H31ClN2/c1-12(2)21-11-15-8-16-14(5)10-19(6,7)22(13(3)4)18(16)9-17(15)20/h8-9,12-14,21H,10-11H2,1-7H3/t14-/m0/s1. The maximum absolute atomic E-state index is 6.59. The van der Waals surface area contributed by atoms with Crippen LogP contribution in [-0.2, 0) is 6.54 Å². The number of nitrogens with zero attached hydrogens (tertiary/aromatic N) is 1. The summed E-state index contributed by atoms with van der Waals surface area (Å²) in [7, 11) is 0. The summed E-state index contributed by atoms with van der Waals surface area (Å²) in [6, 6.07) is 5.45. The van der Waals surface area contributed by atoms with E-state index in [4.69, 9.17) is 11.6 Å². The minimum absolute atomic E-state index is 0.168. The Kier molecular flexibility index (Phi) is 5.13. The van der Waals surface area contributed by atoms with E-state index in [1.54, 1.807) is 0 Å². The monoisotopic (exact) mass is 322 g/mol. The van der Waals surface area contributed by atoms with Gasteiger partial charge in [-0.25, -0.2) is 0 Å². The van der Waals surface area contributed by atoms with Crippen LogP contribution in [0.3, 0.4) is 0 Å². The number of fused-ring (bicyclic) bond motifs is 1. The van der Waals surface area contributed by atoms with E-state index in [0.717, 1.165) is 11.6 Å². The molecule has 0 fully saturated rings. The molecular weight excluding hydrogens is 292 g/mol. The SMILES string of the molecule is CC(C)NCc1cc2c(cc1Cl)N(C(C)C)C(C)(C)C[C@@H]2C. The summed E-state index contributed by atoms with van der Waals surface area (Å²) in [4.78, 5) is 2.54. The molecule has 1 aromatic rings. The summed E-state index contributed by atoms with van der Waals surface area (Å²) in [6.45, 7) is 16.7. The van der Waals surface area contributed by atoms with Crippen molar-refractivity contribution in [3.05, 3.63) is 28.3 Å².